The number of aromatic hydroxyl groups is 1. The second-order valence-corrected chi connectivity index (χ2v) is 3.07. The molecule has 0 unspecified atom stereocenters. The van der Waals surface area contributed by atoms with E-state index in [1.165, 1.54) is 6.07 Å². The molecule has 0 bridgehead atoms. The Labute approximate surface area is 96.0 Å². The Hall–Kier alpha value is -1.87. The molecule has 0 spiro atoms. The van der Waals surface area contributed by atoms with Crippen molar-refractivity contribution < 1.29 is 23.0 Å². The van der Waals surface area contributed by atoms with Gasteiger partial charge in [0.25, 0.3) is 0 Å². The lowest BCUT2D eigenvalue weighted by molar-refractivity contribution is -0.274. The van der Waals surface area contributed by atoms with E-state index in [-0.39, 0.29) is 11.3 Å². The fraction of sp³-hybridized carbons (Fsp3) is 0.273. The highest BCUT2D eigenvalue weighted by Crippen LogP contribution is 2.27. The van der Waals surface area contributed by atoms with Gasteiger partial charge in [-0.25, -0.2) is 0 Å². The Balaban J connectivity index is 2.84. The molecule has 0 aliphatic carbocycles. The van der Waals surface area contributed by atoms with Crippen LogP contribution in [0.15, 0.2) is 18.2 Å². The van der Waals surface area contributed by atoms with Crippen molar-refractivity contribution in [3.8, 4) is 23.3 Å². The van der Waals surface area contributed by atoms with Gasteiger partial charge in [-0.15, -0.1) is 13.2 Å². The van der Waals surface area contributed by atoms with E-state index in [0.717, 1.165) is 12.1 Å². The molecule has 0 heterocycles. The summed E-state index contributed by atoms with van der Waals surface area (Å²) in [6, 6.07) is 3.19. The molecule has 0 saturated carbocycles. The number of phenols is 1. The quantitative estimate of drug-likeness (QED) is 0.783. The van der Waals surface area contributed by atoms with Crippen molar-refractivity contribution in [2.75, 3.05) is 6.54 Å². The molecule has 3 N–H and O–H groups in total. The van der Waals surface area contributed by atoms with E-state index in [1.807, 2.05) is 0 Å². The zero-order chi connectivity index (χ0) is 12.9. The lowest BCUT2D eigenvalue weighted by atomic mass is 10.2. The second-order valence-electron chi connectivity index (χ2n) is 3.07. The third-order valence-electron chi connectivity index (χ3n) is 1.70. The van der Waals surface area contributed by atoms with Gasteiger partial charge in [-0.2, -0.15) is 0 Å². The van der Waals surface area contributed by atoms with Gasteiger partial charge in [0.2, 0.25) is 0 Å². The minimum absolute atomic E-state index is 0.230. The molecule has 0 amide bonds. The van der Waals surface area contributed by atoms with E-state index >= 15 is 0 Å². The lowest BCUT2D eigenvalue weighted by Crippen LogP contribution is -2.17. The summed E-state index contributed by atoms with van der Waals surface area (Å²) in [5.74, 6) is 4.40. The molecular weight excluding hydrogens is 235 g/mol. The highest BCUT2D eigenvalue weighted by molar-refractivity contribution is 5.49. The average molecular weight is 245 g/mol. The SMILES string of the molecule is NCCC#Cc1ccc(OC(F)(F)F)cc1O. The number of phenolic OH excluding ortho intramolecular Hbond substituents is 1. The first kappa shape index (κ1) is 13.2. The lowest BCUT2D eigenvalue weighted by Gasteiger charge is -2.09. The molecule has 0 saturated heterocycles. The van der Waals surface area contributed by atoms with Crippen molar-refractivity contribution in [1.82, 2.24) is 0 Å². The van der Waals surface area contributed by atoms with E-state index in [4.69, 9.17) is 5.73 Å². The molecule has 92 valence electrons. The summed E-state index contributed by atoms with van der Waals surface area (Å²) in [6.45, 7) is 0.378. The van der Waals surface area contributed by atoms with E-state index < -0.39 is 12.1 Å². The van der Waals surface area contributed by atoms with Crippen LogP contribution in [0.5, 0.6) is 11.5 Å². The van der Waals surface area contributed by atoms with Crippen LogP contribution in [0.25, 0.3) is 0 Å². The summed E-state index contributed by atoms with van der Waals surface area (Å²) >= 11 is 0. The van der Waals surface area contributed by atoms with Gasteiger partial charge < -0.3 is 15.6 Å². The van der Waals surface area contributed by atoms with E-state index in [2.05, 4.69) is 16.6 Å². The maximum absolute atomic E-state index is 11.9. The summed E-state index contributed by atoms with van der Waals surface area (Å²) < 4.78 is 39.3. The van der Waals surface area contributed by atoms with Crippen molar-refractivity contribution in [1.29, 1.82) is 0 Å². The van der Waals surface area contributed by atoms with E-state index in [0.29, 0.717) is 13.0 Å². The number of alkyl halides is 3. The molecule has 17 heavy (non-hydrogen) atoms. The van der Waals surface area contributed by atoms with Crippen LogP contribution < -0.4 is 10.5 Å². The third kappa shape index (κ3) is 4.66. The predicted molar refractivity (Wildman–Crippen MR) is 55.3 cm³/mol. The van der Waals surface area contributed by atoms with Crippen LogP contribution in [0, 0.1) is 11.8 Å². The second kappa shape index (κ2) is 5.46. The number of hydrogen-bond donors (Lipinski definition) is 2. The van der Waals surface area contributed by atoms with Gasteiger partial charge in [0, 0.05) is 19.0 Å². The first-order valence-electron chi connectivity index (χ1n) is 4.70. The van der Waals surface area contributed by atoms with Crippen LogP contribution >= 0.6 is 0 Å². The highest BCUT2D eigenvalue weighted by Gasteiger charge is 2.31. The molecule has 0 aromatic heterocycles. The van der Waals surface area contributed by atoms with Crippen LogP contribution in [0.4, 0.5) is 13.2 Å². The van der Waals surface area contributed by atoms with Gasteiger partial charge in [0.15, 0.2) is 0 Å². The smallest absolute Gasteiger partial charge is 0.507 e. The molecular formula is C11H10F3NO2. The molecule has 6 heteroatoms. The number of nitrogens with two attached hydrogens (primary N) is 1. The molecule has 0 aliphatic rings. The Morgan fingerprint density at radius 1 is 1.35 bits per heavy atom. The maximum atomic E-state index is 11.9. The van der Waals surface area contributed by atoms with E-state index in [1.54, 1.807) is 0 Å². The van der Waals surface area contributed by atoms with Crippen LogP contribution in [-0.4, -0.2) is 18.0 Å². The number of rotatable bonds is 2. The molecule has 1 aromatic rings. The van der Waals surface area contributed by atoms with Gasteiger partial charge in [0.05, 0.1) is 5.56 Å². The van der Waals surface area contributed by atoms with Crippen molar-refractivity contribution >= 4 is 0 Å². The molecule has 1 rings (SSSR count). The number of halogens is 3. The minimum atomic E-state index is -4.78. The first-order valence-corrected chi connectivity index (χ1v) is 4.70. The predicted octanol–water partition coefficient (Wildman–Crippen LogP) is 1.99. The summed E-state index contributed by atoms with van der Waals surface area (Å²) in [5, 5.41) is 9.41. The van der Waals surface area contributed by atoms with E-state index in [9.17, 15) is 18.3 Å². The number of ether oxygens (including phenoxy) is 1. The van der Waals surface area contributed by atoms with Crippen LogP contribution in [0.2, 0.25) is 0 Å². The van der Waals surface area contributed by atoms with Crippen LogP contribution in [0.3, 0.4) is 0 Å². The summed E-state index contributed by atoms with van der Waals surface area (Å²) in [4.78, 5) is 0. The molecule has 0 atom stereocenters. The summed E-state index contributed by atoms with van der Waals surface area (Å²) in [5.41, 5.74) is 5.44. The average Bonchev–Trinajstić information content (AvgIpc) is 2.19. The summed E-state index contributed by atoms with van der Waals surface area (Å²) in [7, 11) is 0. The Kier molecular flexibility index (Phi) is 4.24. The third-order valence-corrected chi connectivity index (χ3v) is 1.70. The van der Waals surface area contributed by atoms with Gasteiger partial charge in [-0.05, 0) is 12.1 Å². The number of benzene rings is 1. The van der Waals surface area contributed by atoms with Crippen molar-refractivity contribution in [2.24, 2.45) is 5.73 Å². The van der Waals surface area contributed by atoms with Crippen LogP contribution in [-0.2, 0) is 0 Å². The first-order chi connectivity index (χ1) is 7.92. The van der Waals surface area contributed by atoms with Crippen molar-refractivity contribution in [2.45, 2.75) is 12.8 Å². The zero-order valence-electron chi connectivity index (χ0n) is 8.71. The van der Waals surface area contributed by atoms with Crippen molar-refractivity contribution in [3.63, 3.8) is 0 Å². The standard InChI is InChI=1S/C11H10F3NO2/c12-11(13,14)17-9-5-4-8(10(16)7-9)3-1-2-6-15/h4-5,7,16H,2,6,15H2. The topological polar surface area (TPSA) is 55.5 Å². The molecule has 0 fully saturated rings. The maximum Gasteiger partial charge on any atom is 0.573 e. The molecule has 3 nitrogen and oxygen atoms in total. The van der Waals surface area contributed by atoms with Crippen LogP contribution in [0.1, 0.15) is 12.0 Å². The number of hydrogen-bond acceptors (Lipinski definition) is 3. The Morgan fingerprint density at radius 3 is 2.59 bits per heavy atom. The molecule has 0 radical (unpaired) electrons. The normalized spacial score (nSPS) is 10.6. The zero-order valence-corrected chi connectivity index (χ0v) is 8.71. The minimum Gasteiger partial charge on any atom is -0.507 e. The Morgan fingerprint density at radius 2 is 2.06 bits per heavy atom. The Bertz CT molecular complexity index is 446. The van der Waals surface area contributed by atoms with Gasteiger partial charge >= 0.3 is 6.36 Å². The monoisotopic (exact) mass is 245 g/mol. The molecule has 1 aromatic carbocycles. The van der Waals surface area contributed by atoms with Gasteiger partial charge in [-0.3, -0.25) is 0 Å². The highest BCUT2D eigenvalue weighted by atomic mass is 19.4. The molecule has 0 aliphatic heterocycles. The summed E-state index contributed by atoms with van der Waals surface area (Å²) in [6.07, 6.45) is -4.33. The largest absolute Gasteiger partial charge is 0.573 e. The fourth-order valence-corrected chi connectivity index (χ4v) is 1.04. The van der Waals surface area contributed by atoms with Gasteiger partial charge in [0.1, 0.15) is 11.5 Å². The fourth-order valence-electron chi connectivity index (χ4n) is 1.04. The van der Waals surface area contributed by atoms with Crippen molar-refractivity contribution in [3.05, 3.63) is 23.8 Å². The van der Waals surface area contributed by atoms with Gasteiger partial charge in [-0.1, -0.05) is 11.8 Å².